The number of hydrogen-bond donors (Lipinski definition) is 2. The van der Waals surface area contributed by atoms with Gasteiger partial charge in [-0.25, -0.2) is 4.99 Å². The van der Waals surface area contributed by atoms with E-state index in [0.717, 1.165) is 5.75 Å². The largest absolute Gasteiger partial charge is 0.497 e. The molecule has 0 saturated heterocycles. The molecule has 1 aromatic heterocycles. The zero-order valence-corrected chi connectivity index (χ0v) is 17.0. The van der Waals surface area contributed by atoms with Gasteiger partial charge in [-0.2, -0.15) is 0 Å². The molecule has 2 aromatic rings. The molecule has 1 fully saturated rings. The molecule has 4 nitrogen and oxygen atoms in total. The van der Waals surface area contributed by atoms with E-state index in [2.05, 4.69) is 33.9 Å². The van der Waals surface area contributed by atoms with Gasteiger partial charge in [-0.1, -0.05) is 25.0 Å². The topological polar surface area (TPSA) is 59.6 Å². The predicted octanol–water partition coefficient (Wildman–Crippen LogP) is 4.39. The number of thiophene rings is 1. The Balaban J connectivity index is 0.00000208. The Hall–Kier alpha value is -1.28. The van der Waals surface area contributed by atoms with E-state index in [9.17, 15) is 0 Å². The normalized spacial score (nSPS) is 15.1. The second kappa shape index (κ2) is 9.27. The minimum absolute atomic E-state index is 0. The molecule has 1 saturated carbocycles. The van der Waals surface area contributed by atoms with Crippen molar-refractivity contribution in [1.29, 1.82) is 0 Å². The highest BCUT2D eigenvalue weighted by Crippen LogP contribution is 2.27. The minimum Gasteiger partial charge on any atom is -0.497 e. The van der Waals surface area contributed by atoms with Crippen LogP contribution in [-0.4, -0.2) is 19.1 Å². The number of nitrogens with two attached hydrogens (primary N) is 1. The summed E-state index contributed by atoms with van der Waals surface area (Å²) >= 11 is 1.72. The first-order chi connectivity index (χ1) is 11.2. The summed E-state index contributed by atoms with van der Waals surface area (Å²) in [6.07, 6.45) is 5.00. The molecule has 0 spiro atoms. The van der Waals surface area contributed by atoms with E-state index in [1.54, 1.807) is 18.4 Å². The summed E-state index contributed by atoms with van der Waals surface area (Å²) in [5, 5.41) is 5.48. The summed E-state index contributed by atoms with van der Waals surface area (Å²) < 4.78 is 5.19. The number of benzene rings is 1. The van der Waals surface area contributed by atoms with Crippen LogP contribution >= 0.6 is 35.3 Å². The molecule has 1 aliphatic carbocycles. The van der Waals surface area contributed by atoms with Crippen LogP contribution in [0.3, 0.4) is 0 Å². The quantitative estimate of drug-likeness (QED) is 0.398. The number of guanidine groups is 1. The second-order valence-corrected chi connectivity index (χ2v) is 6.85. The SMILES string of the molecule is COc1ccc(-c2csc(CN=C(N)NC3CCCC3)c2)cc1.I. The number of hydrogen-bond acceptors (Lipinski definition) is 3. The fourth-order valence-corrected chi connectivity index (χ4v) is 3.70. The number of nitrogens with zero attached hydrogens (tertiary/aromatic N) is 1. The monoisotopic (exact) mass is 457 g/mol. The minimum atomic E-state index is 0. The molecule has 130 valence electrons. The van der Waals surface area contributed by atoms with Crippen molar-refractivity contribution < 1.29 is 4.74 Å². The van der Waals surface area contributed by atoms with E-state index in [0.29, 0.717) is 18.5 Å². The molecule has 1 heterocycles. The number of methoxy groups -OCH3 is 1. The van der Waals surface area contributed by atoms with Gasteiger partial charge in [-0.3, -0.25) is 0 Å². The van der Waals surface area contributed by atoms with Gasteiger partial charge >= 0.3 is 0 Å². The highest BCUT2D eigenvalue weighted by Gasteiger charge is 2.14. The third-order valence-electron chi connectivity index (χ3n) is 4.19. The van der Waals surface area contributed by atoms with Crippen LogP contribution in [0.4, 0.5) is 0 Å². The Labute approximate surface area is 164 Å². The van der Waals surface area contributed by atoms with Crippen LogP contribution < -0.4 is 15.8 Å². The van der Waals surface area contributed by atoms with Gasteiger partial charge in [0, 0.05) is 10.9 Å². The summed E-state index contributed by atoms with van der Waals surface area (Å²) in [5.74, 6) is 1.44. The maximum Gasteiger partial charge on any atom is 0.189 e. The third-order valence-corrected chi connectivity index (χ3v) is 5.11. The molecule has 3 rings (SSSR count). The first-order valence-electron chi connectivity index (χ1n) is 8.03. The molecule has 24 heavy (non-hydrogen) atoms. The van der Waals surface area contributed by atoms with Gasteiger partial charge in [-0.05, 0) is 47.5 Å². The lowest BCUT2D eigenvalue weighted by atomic mass is 10.1. The summed E-state index contributed by atoms with van der Waals surface area (Å²) in [7, 11) is 1.68. The van der Waals surface area contributed by atoms with Crippen LogP contribution in [0.5, 0.6) is 5.75 Å². The molecule has 0 atom stereocenters. The number of ether oxygens (including phenoxy) is 1. The molecule has 3 N–H and O–H groups in total. The summed E-state index contributed by atoms with van der Waals surface area (Å²) in [6, 6.07) is 10.8. The van der Waals surface area contributed by atoms with Crippen LogP contribution in [0.2, 0.25) is 0 Å². The molecule has 1 aromatic carbocycles. The smallest absolute Gasteiger partial charge is 0.189 e. The van der Waals surface area contributed by atoms with Gasteiger partial charge in [0.05, 0.1) is 13.7 Å². The van der Waals surface area contributed by atoms with Crippen molar-refractivity contribution in [1.82, 2.24) is 5.32 Å². The molecule has 0 bridgehead atoms. The first-order valence-corrected chi connectivity index (χ1v) is 8.91. The Morgan fingerprint density at radius 3 is 2.62 bits per heavy atom. The van der Waals surface area contributed by atoms with Crippen LogP contribution in [0.1, 0.15) is 30.6 Å². The molecular formula is C18H24IN3OS. The van der Waals surface area contributed by atoms with Crippen molar-refractivity contribution in [3.05, 3.63) is 40.6 Å². The van der Waals surface area contributed by atoms with Gasteiger partial charge in [0.25, 0.3) is 0 Å². The Morgan fingerprint density at radius 1 is 1.25 bits per heavy atom. The van der Waals surface area contributed by atoms with Crippen LogP contribution in [0, 0.1) is 0 Å². The predicted molar refractivity (Wildman–Crippen MR) is 112 cm³/mol. The van der Waals surface area contributed by atoms with Crippen LogP contribution in [0.15, 0.2) is 40.7 Å². The standard InChI is InChI=1S/C18H23N3OS.HI/c1-22-16-8-6-13(7-9-16)14-10-17(23-12-14)11-20-18(19)21-15-4-2-3-5-15;/h6-10,12,15H,2-5,11H2,1H3,(H3,19,20,21);1H. The summed E-state index contributed by atoms with van der Waals surface area (Å²) in [5.41, 5.74) is 8.38. The third kappa shape index (κ3) is 5.11. The van der Waals surface area contributed by atoms with E-state index in [-0.39, 0.29) is 24.0 Å². The molecule has 6 heteroatoms. The zero-order chi connectivity index (χ0) is 16.1. The average Bonchev–Trinajstić information content (AvgIpc) is 3.25. The highest BCUT2D eigenvalue weighted by atomic mass is 127. The van der Waals surface area contributed by atoms with Crippen molar-refractivity contribution in [2.45, 2.75) is 38.3 Å². The Morgan fingerprint density at radius 2 is 1.96 bits per heavy atom. The summed E-state index contributed by atoms with van der Waals surface area (Å²) in [4.78, 5) is 5.68. The van der Waals surface area contributed by atoms with E-state index in [1.807, 2.05) is 12.1 Å². The first kappa shape index (κ1) is 19.1. The van der Waals surface area contributed by atoms with Crippen molar-refractivity contribution >= 4 is 41.3 Å². The van der Waals surface area contributed by atoms with Gasteiger partial charge in [0.1, 0.15) is 5.75 Å². The summed E-state index contributed by atoms with van der Waals surface area (Å²) in [6.45, 7) is 0.631. The van der Waals surface area contributed by atoms with Gasteiger partial charge in [-0.15, -0.1) is 35.3 Å². The lowest BCUT2D eigenvalue weighted by Crippen LogP contribution is -2.38. The number of halogens is 1. The maximum atomic E-state index is 5.98. The fourth-order valence-electron chi connectivity index (χ4n) is 2.89. The Bertz CT molecular complexity index is 663. The van der Waals surface area contributed by atoms with E-state index < -0.39 is 0 Å². The lowest BCUT2D eigenvalue weighted by Gasteiger charge is -2.11. The molecule has 0 radical (unpaired) electrons. The van der Waals surface area contributed by atoms with E-state index in [4.69, 9.17) is 10.5 Å². The number of aliphatic imine (C=N–C) groups is 1. The van der Waals surface area contributed by atoms with Crippen molar-refractivity contribution in [3.8, 4) is 16.9 Å². The van der Waals surface area contributed by atoms with E-state index >= 15 is 0 Å². The van der Waals surface area contributed by atoms with Crippen molar-refractivity contribution in [3.63, 3.8) is 0 Å². The lowest BCUT2D eigenvalue weighted by molar-refractivity contribution is 0.415. The fraction of sp³-hybridized carbons (Fsp3) is 0.389. The Kier molecular flexibility index (Phi) is 7.36. The number of nitrogens with one attached hydrogen (secondary N) is 1. The zero-order valence-electron chi connectivity index (χ0n) is 13.8. The van der Waals surface area contributed by atoms with Crippen LogP contribution in [0.25, 0.3) is 11.1 Å². The molecule has 1 aliphatic rings. The highest BCUT2D eigenvalue weighted by molar-refractivity contribution is 14.0. The van der Waals surface area contributed by atoms with Crippen molar-refractivity contribution in [2.75, 3.05) is 7.11 Å². The molecule has 0 aliphatic heterocycles. The molecule has 0 amide bonds. The van der Waals surface area contributed by atoms with Gasteiger partial charge in [0.2, 0.25) is 0 Å². The number of rotatable bonds is 5. The van der Waals surface area contributed by atoms with Gasteiger partial charge < -0.3 is 15.8 Å². The average molecular weight is 457 g/mol. The maximum absolute atomic E-state index is 5.98. The molecule has 0 unspecified atom stereocenters. The second-order valence-electron chi connectivity index (χ2n) is 5.86. The van der Waals surface area contributed by atoms with E-state index in [1.165, 1.54) is 41.7 Å². The van der Waals surface area contributed by atoms with Crippen LogP contribution in [-0.2, 0) is 6.54 Å². The van der Waals surface area contributed by atoms with Gasteiger partial charge in [0.15, 0.2) is 5.96 Å². The molecular weight excluding hydrogens is 433 g/mol. The van der Waals surface area contributed by atoms with Crippen molar-refractivity contribution in [2.24, 2.45) is 10.7 Å².